The molecule has 3 aliphatic rings. The maximum Gasteiger partial charge on any atom is 0.326 e. The van der Waals surface area contributed by atoms with E-state index in [1.54, 1.807) is 0 Å². The molecule has 1 saturated heterocycles. The average molecular weight is 373 g/mol. The molecule has 2 atom stereocenters. The third-order valence-electron chi connectivity index (χ3n) is 5.94. The molecule has 7 heteroatoms. The third-order valence-corrected chi connectivity index (χ3v) is 5.94. The maximum absolute atomic E-state index is 13.1. The van der Waals surface area contributed by atoms with Crippen LogP contribution >= 0.6 is 0 Å². The van der Waals surface area contributed by atoms with E-state index >= 15 is 0 Å². The highest BCUT2D eigenvalue weighted by Crippen LogP contribution is 2.38. The van der Waals surface area contributed by atoms with Crippen LogP contribution in [0.1, 0.15) is 38.2 Å². The normalized spacial score (nSPS) is 27.4. The molecule has 2 heterocycles. The lowest BCUT2D eigenvalue weighted by Gasteiger charge is -2.37. The lowest BCUT2D eigenvalue weighted by molar-refractivity contribution is -0.135. The Kier molecular flexibility index (Phi) is 4.72. The number of rotatable bonds is 4. The molecule has 1 spiro atoms. The van der Waals surface area contributed by atoms with Crippen LogP contribution < -0.4 is 14.8 Å². The highest BCUT2D eigenvalue weighted by atomic mass is 16.6. The van der Waals surface area contributed by atoms with Crippen molar-refractivity contribution in [3.05, 3.63) is 23.8 Å². The van der Waals surface area contributed by atoms with Crippen LogP contribution in [0.4, 0.5) is 4.79 Å². The van der Waals surface area contributed by atoms with Gasteiger partial charge in [0.15, 0.2) is 11.5 Å². The molecule has 0 radical (unpaired) electrons. The number of benzene rings is 1. The highest BCUT2D eigenvalue weighted by molar-refractivity contribution is 6.07. The molecule has 2 fully saturated rings. The van der Waals surface area contributed by atoms with Crippen LogP contribution in [0.2, 0.25) is 0 Å². The molecule has 1 N–H and O–H groups in total. The summed E-state index contributed by atoms with van der Waals surface area (Å²) in [4.78, 5) is 28.9. The second-order valence-electron chi connectivity index (χ2n) is 7.92. The molecule has 2 aliphatic heterocycles. The molecule has 0 bridgehead atoms. The van der Waals surface area contributed by atoms with Gasteiger partial charge in [0.2, 0.25) is 0 Å². The van der Waals surface area contributed by atoms with E-state index in [-0.39, 0.29) is 24.5 Å². The van der Waals surface area contributed by atoms with Gasteiger partial charge in [-0.05, 0) is 43.5 Å². The van der Waals surface area contributed by atoms with E-state index in [0.717, 1.165) is 42.7 Å². The Hall–Kier alpha value is -2.28. The van der Waals surface area contributed by atoms with Gasteiger partial charge in [-0.2, -0.15) is 0 Å². The fraction of sp³-hybridized carbons (Fsp3) is 0.600. The van der Waals surface area contributed by atoms with Crippen molar-refractivity contribution < 1.29 is 19.1 Å². The van der Waals surface area contributed by atoms with Gasteiger partial charge in [-0.3, -0.25) is 9.69 Å². The summed E-state index contributed by atoms with van der Waals surface area (Å²) >= 11 is 0. The number of nitrogens with one attached hydrogen (secondary N) is 1. The van der Waals surface area contributed by atoms with Crippen molar-refractivity contribution in [2.45, 2.75) is 44.7 Å². The van der Waals surface area contributed by atoms with Gasteiger partial charge in [0.05, 0.1) is 6.67 Å². The SMILES string of the molecule is C[C@H]1CCCC[C@]12NC(=O)N(CN(C)Cc1ccc3c(c1)OCCO3)C2=O. The Morgan fingerprint density at radius 1 is 1.22 bits per heavy atom. The number of amides is 3. The number of carbonyl (C=O) groups excluding carboxylic acids is 2. The number of imide groups is 1. The van der Waals surface area contributed by atoms with Gasteiger partial charge in [-0.25, -0.2) is 9.69 Å². The van der Waals surface area contributed by atoms with Crippen molar-refractivity contribution in [1.29, 1.82) is 0 Å². The number of nitrogens with zero attached hydrogens (tertiary/aromatic N) is 2. The molecule has 4 rings (SSSR count). The maximum atomic E-state index is 13.1. The predicted molar refractivity (Wildman–Crippen MR) is 99.5 cm³/mol. The zero-order valence-corrected chi connectivity index (χ0v) is 16.0. The van der Waals surface area contributed by atoms with Crippen molar-refractivity contribution in [2.75, 3.05) is 26.9 Å². The van der Waals surface area contributed by atoms with Crippen LogP contribution in [-0.4, -0.2) is 54.2 Å². The first kappa shape index (κ1) is 18.1. The van der Waals surface area contributed by atoms with Crippen molar-refractivity contribution in [3.8, 4) is 11.5 Å². The second kappa shape index (κ2) is 7.03. The molecule has 0 aromatic heterocycles. The quantitative estimate of drug-likeness (QED) is 0.821. The van der Waals surface area contributed by atoms with Gasteiger partial charge in [0.25, 0.3) is 5.91 Å². The highest BCUT2D eigenvalue weighted by Gasteiger charge is 2.54. The Labute approximate surface area is 159 Å². The molecule has 1 aromatic carbocycles. The van der Waals surface area contributed by atoms with E-state index in [9.17, 15) is 9.59 Å². The number of fused-ring (bicyclic) bond motifs is 1. The number of urea groups is 1. The molecule has 3 amide bonds. The number of carbonyl (C=O) groups is 2. The van der Waals surface area contributed by atoms with Crippen molar-refractivity contribution >= 4 is 11.9 Å². The fourth-order valence-corrected chi connectivity index (χ4v) is 4.41. The van der Waals surface area contributed by atoms with Crippen LogP contribution in [0, 0.1) is 5.92 Å². The summed E-state index contributed by atoms with van der Waals surface area (Å²) < 4.78 is 11.2. The lowest BCUT2D eigenvalue weighted by atomic mass is 9.73. The van der Waals surface area contributed by atoms with Gasteiger partial charge in [0, 0.05) is 6.54 Å². The molecule has 1 aromatic rings. The summed E-state index contributed by atoms with van der Waals surface area (Å²) in [5.41, 5.74) is 0.349. The first-order valence-corrected chi connectivity index (χ1v) is 9.71. The first-order valence-electron chi connectivity index (χ1n) is 9.71. The smallest absolute Gasteiger partial charge is 0.326 e. The monoisotopic (exact) mass is 373 g/mol. The molecule has 27 heavy (non-hydrogen) atoms. The van der Waals surface area contributed by atoms with E-state index in [2.05, 4.69) is 12.2 Å². The van der Waals surface area contributed by atoms with E-state index in [0.29, 0.717) is 19.8 Å². The molecule has 1 saturated carbocycles. The van der Waals surface area contributed by atoms with Crippen LogP contribution in [0.15, 0.2) is 18.2 Å². The van der Waals surface area contributed by atoms with Crippen LogP contribution in [0.5, 0.6) is 11.5 Å². The largest absolute Gasteiger partial charge is 0.486 e. The molecule has 7 nitrogen and oxygen atoms in total. The van der Waals surface area contributed by atoms with Crippen LogP contribution in [-0.2, 0) is 11.3 Å². The van der Waals surface area contributed by atoms with Gasteiger partial charge in [-0.15, -0.1) is 0 Å². The summed E-state index contributed by atoms with van der Waals surface area (Å²) in [6.45, 7) is 4.07. The second-order valence-corrected chi connectivity index (χ2v) is 7.92. The zero-order chi connectivity index (χ0) is 19.0. The Morgan fingerprint density at radius 2 is 2.00 bits per heavy atom. The molecule has 146 valence electrons. The van der Waals surface area contributed by atoms with Crippen molar-refractivity contribution in [1.82, 2.24) is 15.1 Å². The van der Waals surface area contributed by atoms with Crippen molar-refractivity contribution in [2.24, 2.45) is 5.92 Å². The van der Waals surface area contributed by atoms with Crippen molar-refractivity contribution in [3.63, 3.8) is 0 Å². The van der Waals surface area contributed by atoms with Crippen LogP contribution in [0.3, 0.4) is 0 Å². The van der Waals surface area contributed by atoms with Gasteiger partial charge >= 0.3 is 6.03 Å². The minimum absolute atomic E-state index is 0.0753. The summed E-state index contributed by atoms with van der Waals surface area (Å²) in [5, 5.41) is 3.00. The van der Waals surface area contributed by atoms with Gasteiger partial charge in [-0.1, -0.05) is 25.8 Å². The number of hydrogen-bond donors (Lipinski definition) is 1. The summed E-state index contributed by atoms with van der Waals surface area (Å²) in [7, 11) is 1.91. The Bertz CT molecular complexity index is 753. The molecular formula is C20H27N3O4. The fourth-order valence-electron chi connectivity index (χ4n) is 4.41. The summed E-state index contributed by atoms with van der Waals surface area (Å²) in [5.74, 6) is 1.61. The topological polar surface area (TPSA) is 71.1 Å². The molecule has 1 aliphatic carbocycles. The lowest BCUT2D eigenvalue weighted by Crippen LogP contribution is -2.54. The van der Waals surface area contributed by atoms with Gasteiger partial charge in [0.1, 0.15) is 18.8 Å². The zero-order valence-electron chi connectivity index (χ0n) is 16.0. The predicted octanol–water partition coefficient (Wildman–Crippen LogP) is 2.35. The van der Waals surface area contributed by atoms with E-state index in [4.69, 9.17) is 9.47 Å². The average Bonchev–Trinajstić information content (AvgIpc) is 2.89. The standard InChI is InChI=1S/C20H27N3O4/c1-14-5-3-4-8-20(14)18(24)23(19(25)21-20)13-22(2)12-15-6-7-16-17(11-15)27-10-9-26-16/h6-7,11,14H,3-5,8-10,12-13H2,1-2H3,(H,21,25)/t14-,20-/m0/s1. The number of hydrogen-bond acceptors (Lipinski definition) is 5. The molecule has 0 unspecified atom stereocenters. The molecular weight excluding hydrogens is 346 g/mol. The van der Waals surface area contributed by atoms with E-state index < -0.39 is 5.54 Å². The minimum Gasteiger partial charge on any atom is -0.486 e. The first-order chi connectivity index (χ1) is 13.0. The van der Waals surface area contributed by atoms with Crippen LogP contribution in [0.25, 0.3) is 0 Å². The summed E-state index contributed by atoms with van der Waals surface area (Å²) in [6, 6.07) is 5.58. The minimum atomic E-state index is -0.701. The van der Waals surface area contributed by atoms with E-state index in [1.165, 1.54) is 4.90 Å². The summed E-state index contributed by atoms with van der Waals surface area (Å²) in [6.07, 6.45) is 3.82. The van der Waals surface area contributed by atoms with E-state index in [1.807, 2.05) is 30.1 Å². The van der Waals surface area contributed by atoms with Gasteiger partial charge < -0.3 is 14.8 Å². The Morgan fingerprint density at radius 3 is 2.78 bits per heavy atom. The third kappa shape index (κ3) is 3.25. The number of ether oxygens (including phenoxy) is 2. The Balaban J connectivity index is 1.43.